The Kier molecular flexibility index (Phi) is 5.96. The number of rotatable bonds is 5. The molecule has 32 heavy (non-hydrogen) atoms. The lowest BCUT2D eigenvalue weighted by Crippen LogP contribution is -2.53. The van der Waals surface area contributed by atoms with Crippen molar-refractivity contribution >= 4 is 27.4 Å². The molecule has 2 atom stereocenters. The lowest BCUT2D eigenvalue weighted by Gasteiger charge is -2.36. The molecule has 1 saturated heterocycles. The summed E-state index contributed by atoms with van der Waals surface area (Å²) in [7, 11) is -4.10. The number of hydrogen-bond acceptors (Lipinski definition) is 5. The van der Waals surface area contributed by atoms with Crippen molar-refractivity contribution in [3.05, 3.63) is 101 Å². The van der Waals surface area contributed by atoms with Gasteiger partial charge in [-0.25, -0.2) is 13.8 Å². The SMILES string of the molecule is N=C(N)N1CC(c2ccccc2)C(c2ccc(Cl)cc2)(S(=O)(=O)c2ccccc2CN)N1. The minimum Gasteiger partial charge on any atom is -0.369 e. The Bertz CT molecular complexity index is 1230. The summed E-state index contributed by atoms with van der Waals surface area (Å²) < 4.78 is 29.0. The van der Waals surface area contributed by atoms with Crippen LogP contribution in [0.15, 0.2) is 83.8 Å². The number of halogens is 1. The van der Waals surface area contributed by atoms with Crippen LogP contribution in [0.4, 0.5) is 0 Å². The van der Waals surface area contributed by atoms with Gasteiger partial charge in [0, 0.05) is 24.0 Å². The molecule has 0 amide bonds. The van der Waals surface area contributed by atoms with Crippen LogP contribution in [0, 0.1) is 5.41 Å². The van der Waals surface area contributed by atoms with Gasteiger partial charge in [0.1, 0.15) is 0 Å². The molecule has 1 fully saturated rings. The Morgan fingerprint density at radius 2 is 1.69 bits per heavy atom. The predicted octanol–water partition coefficient (Wildman–Crippen LogP) is 2.92. The second kappa shape index (κ2) is 8.55. The van der Waals surface area contributed by atoms with Gasteiger partial charge in [-0.15, -0.1) is 0 Å². The molecule has 0 aliphatic carbocycles. The quantitative estimate of drug-likeness (QED) is 0.336. The van der Waals surface area contributed by atoms with Gasteiger partial charge in [-0.3, -0.25) is 10.4 Å². The summed E-state index contributed by atoms with van der Waals surface area (Å²) in [6, 6.07) is 22.8. The van der Waals surface area contributed by atoms with Crippen LogP contribution < -0.4 is 16.9 Å². The fraction of sp³-hybridized carbons (Fsp3) is 0.174. The van der Waals surface area contributed by atoms with E-state index < -0.39 is 20.6 Å². The first-order valence-corrected chi connectivity index (χ1v) is 11.9. The van der Waals surface area contributed by atoms with E-state index in [4.69, 9.17) is 28.5 Å². The summed E-state index contributed by atoms with van der Waals surface area (Å²) >= 11 is 6.12. The lowest BCUT2D eigenvalue weighted by atomic mass is 9.88. The van der Waals surface area contributed by atoms with Crippen molar-refractivity contribution in [2.24, 2.45) is 11.5 Å². The van der Waals surface area contributed by atoms with E-state index in [0.29, 0.717) is 16.1 Å². The molecule has 6 N–H and O–H groups in total. The minimum absolute atomic E-state index is 0.0680. The fourth-order valence-corrected chi connectivity index (χ4v) is 6.78. The van der Waals surface area contributed by atoms with Gasteiger partial charge in [-0.1, -0.05) is 72.3 Å². The Balaban J connectivity index is 2.05. The average Bonchev–Trinajstić information content (AvgIpc) is 3.23. The van der Waals surface area contributed by atoms with Gasteiger partial charge < -0.3 is 11.5 Å². The van der Waals surface area contributed by atoms with Crippen molar-refractivity contribution in [1.82, 2.24) is 10.4 Å². The molecule has 3 aromatic rings. The first-order chi connectivity index (χ1) is 15.3. The molecule has 0 bridgehead atoms. The number of guanidine groups is 1. The van der Waals surface area contributed by atoms with Gasteiger partial charge in [0.05, 0.1) is 4.90 Å². The van der Waals surface area contributed by atoms with Gasteiger partial charge in [0.25, 0.3) is 0 Å². The molecule has 2 unspecified atom stereocenters. The summed E-state index contributed by atoms with van der Waals surface area (Å²) in [6.07, 6.45) is 0. The van der Waals surface area contributed by atoms with Crippen molar-refractivity contribution < 1.29 is 8.42 Å². The van der Waals surface area contributed by atoms with E-state index in [-0.39, 0.29) is 23.9 Å². The van der Waals surface area contributed by atoms with Crippen LogP contribution in [0.5, 0.6) is 0 Å². The summed E-state index contributed by atoms with van der Waals surface area (Å²) in [4.78, 5) is -1.51. The zero-order valence-corrected chi connectivity index (χ0v) is 18.8. The molecule has 0 saturated carbocycles. The molecule has 0 aromatic heterocycles. The topological polar surface area (TPSA) is 125 Å². The fourth-order valence-electron chi connectivity index (χ4n) is 4.29. The third kappa shape index (κ3) is 3.55. The standard InChI is InChI=1S/C23H24ClN5O2S/c24-19-12-10-18(11-13-19)23(32(30,31)21-9-5-4-8-17(21)14-25)20(15-29(28-23)22(26)27)16-6-2-1-3-7-16/h1-13,20,28H,14-15,25H2,(H3,26,27). The first-order valence-electron chi connectivity index (χ1n) is 10.0. The molecule has 3 aromatic carbocycles. The van der Waals surface area contributed by atoms with E-state index in [9.17, 15) is 8.42 Å². The van der Waals surface area contributed by atoms with Crippen molar-refractivity contribution in [1.29, 1.82) is 5.41 Å². The summed E-state index contributed by atoms with van der Waals surface area (Å²) in [5.74, 6) is -0.853. The van der Waals surface area contributed by atoms with Gasteiger partial charge >= 0.3 is 0 Å². The highest BCUT2D eigenvalue weighted by atomic mass is 35.5. The number of nitrogens with one attached hydrogen (secondary N) is 2. The van der Waals surface area contributed by atoms with Crippen LogP contribution in [-0.4, -0.2) is 25.9 Å². The van der Waals surface area contributed by atoms with Crippen LogP contribution in [0.25, 0.3) is 0 Å². The molecule has 9 heteroatoms. The molecule has 1 heterocycles. The van der Waals surface area contributed by atoms with Crippen molar-refractivity contribution in [2.75, 3.05) is 6.54 Å². The average molecular weight is 470 g/mol. The Morgan fingerprint density at radius 1 is 1.06 bits per heavy atom. The Hall–Kier alpha value is -2.91. The van der Waals surface area contributed by atoms with Gasteiger partial charge in [0.15, 0.2) is 4.87 Å². The third-order valence-electron chi connectivity index (χ3n) is 5.83. The first kappa shape index (κ1) is 22.3. The van der Waals surface area contributed by atoms with Crippen molar-refractivity contribution in [3.8, 4) is 0 Å². The second-order valence-electron chi connectivity index (χ2n) is 7.63. The highest BCUT2D eigenvalue weighted by molar-refractivity contribution is 7.92. The van der Waals surface area contributed by atoms with Crippen LogP contribution in [0.1, 0.15) is 22.6 Å². The molecule has 1 aliphatic heterocycles. The molecule has 1 aliphatic rings. The Morgan fingerprint density at radius 3 is 2.31 bits per heavy atom. The number of hydrazine groups is 1. The summed E-state index contributed by atoms with van der Waals surface area (Å²) in [6.45, 7) is 0.254. The smallest absolute Gasteiger partial charge is 0.204 e. The van der Waals surface area contributed by atoms with Crippen LogP contribution in [0.2, 0.25) is 5.02 Å². The summed E-state index contributed by atoms with van der Waals surface area (Å²) in [5, 5.41) is 9.87. The Labute approximate surface area is 192 Å². The van der Waals surface area contributed by atoms with Gasteiger partial charge in [-0.2, -0.15) is 0 Å². The van der Waals surface area contributed by atoms with E-state index >= 15 is 0 Å². The van der Waals surface area contributed by atoms with Crippen molar-refractivity contribution in [2.45, 2.75) is 22.2 Å². The maximum atomic E-state index is 14.5. The molecule has 0 radical (unpaired) electrons. The van der Waals surface area contributed by atoms with Crippen LogP contribution >= 0.6 is 11.6 Å². The molecular formula is C23H24ClN5O2S. The van der Waals surface area contributed by atoms with E-state index in [2.05, 4.69) is 5.43 Å². The largest absolute Gasteiger partial charge is 0.369 e. The highest BCUT2D eigenvalue weighted by Crippen LogP contribution is 2.49. The van der Waals surface area contributed by atoms with E-state index in [0.717, 1.165) is 5.56 Å². The zero-order chi connectivity index (χ0) is 22.9. The third-order valence-corrected chi connectivity index (χ3v) is 8.52. The number of nitrogens with two attached hydrogens (primary N) is 2. The molecule has 7 nitrogen and oxygen atoms in total. The maximum Gasteiger partial charge on any atom is 0.204 e. The normalized spacial score (nSPS) is 20.9. The minimum atomic E-state index is -4.10. The van der Waals surface area contributed by atoms with Gasteiger partial charge in [0.2, 0.25) is 15.8 Å². The summed E-state index contributed by atoms with van der Waals surface area (Å²) in [5.41, 5.74) is 16.6. The maximum absolute atomic E-state index is 14.5. The van der Waals surface area contributed by atoms with Crippen LogP contribution in [0.3, 0.4) is 0 Å². The number of benzene rings is 3. The molecule has 166 valence electrons. The predicted molar refractivity (Wildman–Crippen MR) is 126 cm³/mol. The van der Waals surface area contributed by atoms with E-state index in [1.165, 1.54) is 5.01 Å². The van der Waals surface area contributed by atoms with Crippen molar-refractivity contribution in [3.63, 3.8) is 0 Å². The van der Waals surface area contributed by atoms with Crippen LogP contribution in [-0.2, 0) is 21.3 Å². The number of nitrogens with zero attached hydrogens (tertiary/aromatic N) is 1. The monoisotopic (exact) mass is 469 g/mol. The van der Waals surface area contributed by atoms with Gasteiger partial charge in [-0.05, 0) is 34.9 Å². The lowest BCUT2D eigenvalue weighted by molar-refractivity contribution is 0.335. The second-order valence-corrected chi connectivity index (χ2v) is 10.2. The molecule has 4 rings (SSSR count). The molecular weight excluding hydrogens is 446 g/mol. The highest BCUT2D eigenvalue weighted by Gasteiger charge is 2.58. The van der Waals surface area contributed by atoms with E-state index in [1.54, 1.807) is 48.5 Å². The molecule has 0 spiro atoms. The number of sulfone groups is 1. The van der Waals surface area contributed by atoms with E-state index in [1.807, 2.05) is 30.3 Å². The number of hydrogen-bond donors (Lipinski definition) is 4. The zero-order valence-electron chi connectivity index (χ0n) is 17.2.